The number of aliphatic carboxylic acids is 1. The first-order valence-electron chi connectivity index (χ1n) is 6.82. The van der Waals surface area contributed by atoms with E-state index >= 15 is 0 Å². The van der Waals surface area contributed by atoms with Crippen molar-refractivity contribution in [2.45, 2.75) is 70.7 Å². The van der Waals surface area contributed by atoms with Crippen molar-refractivity contribution in [3.05, 3.63) is 0 Å². The molecule has 6 heteroatoms. The fourth-order valence-corrected chi connectivity index (χ4v) is 2.53. The molecule has 0 radical (unpaired) electrons. The molecule has 6 nitrogen and oxygen atoms in total. The Kier molecular flexibility index (Phi) is 4.69. The Balaban J connectivity index is 3.00. The van der Waals surface area contributed by atoms with Crippen LogP contribution in [-0.2, 0) is 14.3 Å². The summed E-state index contributed by atoms with van der Waals surface area (Å²) < 4.78 is 10.5. The Morgan fingerprint density at radius 3 is 2.10 bits per heavy atom. The highest BCUT2D eigenvalue weighted by atomic mass is 16.6. The molecule has 0 aromatic heterocycles. The summed E-state index contributed by atoms with van der Waals surface area (Å²) in [7, 11) is 1.55. The number of carbonyl (C=O) groups is 2. The summed E-state index contributed by atoms with van der Waals surface area (Å²) in [6, 6.07) is -0.265. The fourth-order valence-electron chi connectivity index (χ4n) is 2.53. The maximum atomic E-state index is 12.3. The second-order valence-electron chi connectivity index (χ2n) is 6.55. The van der Waals surface area contributed by atoms with E-state index in [1.165, 1.54) is 4.90 Å². The van der Waals surface area contributed by atoms with E-state index in [4.69, 9.17) is 9.47 Å². The number of ether oxygens (including phenoxy) is 2. The predicted octanol–water partition coefficient (Wildman–Crippen LogP) is 2.26. The smallest absolute Gasteiger partial charge is 0.411 e. The van der Waals surface area contributed by atoms with Gasteiger partial charge >= 0.3 is 12.1 Å². The Morgan fingerprint density at radius 1 is 1.30 bits per heavy atom. The second kappa shape index (κ2) is 5.60. The van der Waals surface area contributed by atoms with Crippen LogP contribution in [0.5, 0.6) is 0 Å². The Morgan fingerprint density at radius 2 is 1.80 bits per heavy atom. The van der Waals surface area contributed by atoms with Gasteiger partial charge < -0.3 is 14.6 Å². The third-order valence-electron chi connectivity index (χ3n) is 3.43. The zero-order valence-electron chi connectivity index (χ0n) is 13.1. The highest BCUT2D eigenvalue weighted by Gasteiger charge is 2.58. The monoisotopic (exact) mass is 287 g/mol. The summed E-state index contributed by atoms with van der Waals surface area (Å²) in [5.41, 5.74) is -1.88. The van der Waals surface area contributed by atoms with Crippen molar-refractivity contribution in [3.63, 3.8) is 0 Å². The third-order valence-corrected chi connectivity index (χ3v) is 3.43. The van der Waals surface area contributed by atoms with Crippen LogP contribution in [0, 0.1) is 0 Å². The minimum Gasteiger partial charge on any atom is -0.479 e. The molecule has 1 amide bonds. The molecule has 1 aliphatic carbocycles. The van der Waals surface area contributed by atoms with Crippen molar-refractivity contribution in [2.24, 2.45) is 0 Å². The second-order valence-corrected chi connectivity index (χ2v) is 6.55. The molecule has 0 bridgehead atoms. The summed E-state index contributed by atoms with van der Waals surface area (Å²) in [5, 5.41) is 9.56. The molecule has 1 N–H and O–H groups in total. The molecule has 0 aliphatic heterocycles. The number of amides is 1. The number of carboxylic acids is 1. The van der Waals surface area contributed by atoms with Crippen LogP contribution in [0.2, 0.25) is 0 Å². The number of nitrogens with zero attached hydrogens (tertiary/aromatic N) is 1. The highest BCUT2D eigenvalue weighted by molar-refractivity contribution is 5.86. The van der Waals surface area contributed by atoms with Gasteiger partial charge in [0.05, 0.1) is 6.10 Å². The van der Waals surface area contributed by atoms with Crippen molar-refractivity contribution >= 4 is 12.1 Å². The maximum Gasteiger partial charge on any atom is 0.411 e. The number of hydrogen-bond donors (Lipinski definition) is 1. The Hall–Kier alpha value is -1.30. The van der Waals surface area contributed by atoms with Gasteiger partial charge in [0.1, 0.15) is 11.1 Å². The van der Waals surface area contributed by atoms with Crippen LogP contribution in [0.1, 0.15) is 47.5 Å². The van der Waals surface area contributed by atoms with E-state index in [1.54, 1.807) is 41.7 Å². The molecular formula is C14H25NO5. The van der Waals surface area contributed by atoms with Crippen LogP contribution in [-0.4, -0.2) is 52.5 Å². The van der Waals surface area contributed by atoms with E-state index in [9.17, 15) is 14.7 Å². The average Bonchev–Trinajstić information content (AvgIpc) is 2.18. The van der Waals surface area contributed by atoms with Crippen molar-refractivity contribution in [2.75, 3.05) is 7.11 Å². The summed E-state index contributed by atoms with van der Waals surface area (Å²) >= 11 is 0. The largest absolute Gasteiger partial charge is 0.479 e. The van der Waals surface area contributed by atoms with Gasteiger partial charge in [-0.3, -0.25) is 4.90 Å². The van der Waals surface area contributed by atoms with Crippen LogP contribution in [0.25, 0.3) is 0 Å². The fraction of sp³-hybridized carbons (Fsp3) is 0.857. The number of methoxy groups -OCH3 is 1. The van der Waals surface area contributed by atoms with Gasteiger partial charge in [-0.1, -0.05) is 0 Å². The van der Waals surface area contributed by atoms with Gasteiger partial charge in [-0.15, -0.1) is 0 Å². The first-order chi connectivity index (χ1) is 9.03. The Bertz CT molecular complexity index is 380. The SMILES string of the molecule is COC1CC(C(=O)O)(N(C(=O)OC(C)(C)C)C(C)C)C1. The molecule has 0 aromatic rings. The molecule has 1 aliphatic rings. The molecule has 116 valence electrons. The topological polar surface area (TPSA) is 76.1 Å². The average molecular weight is 287 g/mol. The molecule has 0 saturated heterocycles. The highest BCUT2D eigenvalue weighted by Crippen LogP contribution is 2.41. The number of carboxylic acid groups (broad SMARTS) is 1. The third kappa shape index (κ3) is 3.23. The van der Waals surface area contributed by atoms with Crippen LogP contribution >= 0.6 is 0 Å². The van der Waals surface area contributed by atoms with E-state index in [-0.39, 0.29) is 25.0 Å². The van der Waals surface area contributed by atoms with Gasteiger partial charge in [0.15, 0.2) is 0 Å². The lowest BCUT2D eigenvalue weighted by atomic mass is 9.72. The van der Waals surface area contributed by atoms with Crippen molar-refractivity contribution < 1.29 is 24.2 Å². The summed E-state index contributed by atoms with van der Waals surface area (Å²) in [4.78, 5) is 25.3. The molecule has 0 aromatic carbocycles. The number of hydrogen-bond acceptors (Lipinski definition) is 4. The van der Waals surface area contributed by atoms with Gasteiger partial charge in [-0.25, -0.2) is 9.59 Å². The van der Waals surface area contributed by atoms with E-state index in [0.29, 0.717) is 0 Å². The van der Waals surface area contributed by atoms with Gasteiger partial charge in [-0.2, -0.15) is 0 Å². The molecule has 0 spiro atoms. The summed E-state index contributed by atoms with van der Waals surface area (Å²) in [5.74, 6) is -1.01. The normalized spacial score (nSPS) is 26.1. The molecule has 0 heterocycles. The quantitative estimate of drug-likeness (QED) is 0.858. The van der Waals surface area contributed by atoms with E-state index in [2.05, 4.69) is 0 Å². The molecule has 1 saturated carbocycles. The van der Waals surface area contributed by atoms with Crippen molar-refractivity contribution in [1.29, 1.82) is 0 Å². The number of carbonyl (C=O) groups excluding carboxylic acids is 1. The first kappa shape index (κ1) is 16.8. The minimum absolute atomic E-state index is 0.130. The van der Waals surface area contributed by atoms with E-state index in [0.717, 1.165) is 0 Å². The van der Waals surface area contributed by atoms with Crippen molar-refractivity contribution in [3.8, 4) is 0 Å². The first-order valence-corrected chi connectivity index (χ1v) is 6.82. The molecule has 20 heavy (non-hydrogen) atoms. The van der Waals surface area contributed by atoms with Crippen LogP contribution in [0.4, 0.5) is 4.79 Å². The number of rotatable bonds is 4. The lowest BCUT2D eigenvalue weighted by Crippen LogP contribution is -2.68. The zero-order valence-corrected chi connectivity index (χ0v) is 13.1. The molecular weight excluding hydrogens is 262 g/mol. The van der Waals surface area contributed by atoms with Gasteiger partial charge in [0.2, 0.25) is 0 Å². The summed E-state index contributed by atoms with van der Waals surface area (Å²) in [6.45, 7) is 8.85. The molecule has 0 atom stereocenters. The van der Waals surface area contributed by atoms with Crippen LogP contribution in [0.15, 0.2) is 0 Å². The predicted molar refractivity (Wildman–Crippen MR) is 73.6 cm³/mol. The van der Waals surface area contributed by atoms with Gasteiger partial charge in [0, 0.05) is 26.0 Å². The van der Waals surface area contributed by atoms with Crippen LogP contribution < -0.4 is 0 Å². The summed E-state index contributed by atoms with van der Waals surface area (Å²) in [6.07, 6.45) is -0.147. The zero-order chi connectivity index (χ0) is 15.7. The molecule has 1 rings (SSSR count). The van der Waals surface area contributed by atoms with Gasteiger partial charge in [0.25, 0.3) is 0 Å². The van der Waals surface area contributed by atoms with Gasteiger partial charge in [-0.05, 0) is 34.6 Å². The van der Waals surface area contributed by atoms with Crippen molar-refractivity contribution in [1.82, 2.24) is 4.90 Å². The minimum atomic E-state index is -1.23. The standard InChI is InChI=1S/C14H25NO5/c1-9(2)15(12(18)20-13(3,4)5)14(11(16)17)7-10(8-14)19-6/h9-10H,7-8H2,1-6H3,(H,16,17). The lowest BCUT2D eigenvalue weighted by molar-refractivity contribution is -0.171. The molecule has 0 unspecified atom stereocenters. The molecule has 1 fully saturated rings. The van der Waals surface area contributed by atoms with E-state index < -0.39 is 23.2 Å². The van der Waals surface area contributed by atoms with Crippen LogP contribution in [0.3, 0.4) is 0 Å². The maximum absolute atomic E-state index is 12.3. The lowest BCUT2D eigenvalue weighted by Gasteiger charge is -2.51. The Labute approximate surface area is 120 Å². The van der Waals surface area contributed by atoms with E-state index in [1.807, 2.05) is 0 Å².